The zero-order chi connectivity index (χ0) is 18.1. The lowest BCUT2D eigenvalue weighted by molar-refractivity contribution is 0.290. The molecule has 1 aliphatic heterocycles. The largest absolute Gasteiger partial charge is 0.486 e. The van der Waals surface area contributed by atoms with E-state index in [1.807, 2.05) is 35.0 Å². The van der Waals surface area contributed by atoms with Crippen molar-refractivity contribution in [3.8, 4) is 5.75 Å². The number of aryl methyl sites for hydroxylation is 2. The smallest absolute Gasteiger partial charge is 0.212 e. The molecule has 2 heterocycles. The van der Waals surface area contributed by atoms with Gasteiger partial charge >= 0.3 is 0 Å². The molecule has 0 radical (unpaired) electrons. The van der Waals surface area contributed by atoms with Gasteiger partial charge in [0, 0.05) is 5.75 Å². The Morgan fingerprint density at radius 1 is 0.963 bits per heavy atom. The van der Waals surface area contributed by atoms with Gasteiger partial charge in [-0.1, -0.05) is 42.1 Å². The molecule has 0 saturated carbocycles. The Hall–Kier alpha value is -2.60. The van der Waals surface area contributed by atoms with Crippen LogP contribution in [0.1, 0.15) is 35.4 Å². The summed E-state index contributed by atoms with van der Waals surface area (Å²) >= 11 is 1.67. The molecule has 136 valence electrons. The number of hydrogen-bond donors (Lipinski definition) is 0. The van der Waals surface area contributed by atoms with Crippen LogP contribution in [0, 0.1) is 0 Å². The highest BCUT2D eigenvalue weighted by Crippen LogP contribution is 2.27. The van der Waals surface area contributed by atoms with Crippen LogP contribution in [0.2, 0.25) is 0 Å². The zero-order valence-corrected chi connectivity index (χ0v) is 15.8. The molecule has 27 heavy (non-hydrogen) atoms. The Balaban J connectivity index is 1.41. The van der Waals surface area contributed by atoms with E-state index >= 15 is 0 Å². The van der Waals surface area contributed by atoms with Crippen LogP contribution >= 0.6 is 11.8 Å². The summed E-state index contributed by atoms with van der Waals surface area (Å²) in [5.74, 6) is 2.35. The third-order valence-corrected chi connectivity index (χ3v) is 5.96. The molecule has 1 aliphatic carbocycles. The number of fused-ring (bicyclic) bond motifs is 2. The third-order valence-electron chi connectivity index (χ3n) is 5.03. The van der Waals surface area contributed by atoms with E-state index in [0.717, 1.165) is 28.2 Å². The molecular formula is C21H20N4OS. The molecule has 6 heteroatoms. The highest BCUT2D eigenvalue weighted by atomic mass is 32.2. The topological polar surface area (TPSA) is 52.3 Å². The van der Waals surface area contributed by atoms with E-state index in [0.29, 0.717) is 6.61 Å². The Labute approximate surface area is 162 Å². The normalized spacial score (nSPS) is 15.6. The molecule has 0 unspecified atom stereocenters. The van der Waals surface area contributed by atoms with Gasteiger partial charge in [0.2, 0.25) is 5.16 Å². The predicted octanol–water partition coefficient (Wildman–Crippen LogP) is 4.09. The third kappa shape index (κ3) is 3.37. The Morgan fingerprint density at radius 2 is 1.81 bits per heavy atom. The summed E-state index contributed by atoms with van der Waals surface area (Å²) in [4.78, 5) is 0. The Bertz CT molecular complexity index is 997. The summed E-state index contributed by atoms with van der Waals surface area (Å²) in [6.07, 6.45) is 4.97. The molecule has 0 N–H and O–H groups in total. The van der Waals surface area contributed by atoms with Crippen LogP contribution in [0.5, 0.6) is 5.75 Å². The summed E-state index contributed by atoms with van der Waals surface area (Å²) in [5.41, 5.74) is 5.25. The fourth-order valence-electron chi connectivity index (χ4n) is 3.58. The average molecular weight is 376 g/mol. The van der Waals surface area contributed by atoms with Gasteiger partial charge in [0.25, 0.3) is 0 Å². The standard InChI is InChI=1S/C21H20N4OS/c1-2-8-18(9-3-1)26-13-20-22-23-21-25(20)24-19(14-27-21)17-11-10-15-6-4-5-7-16(15)12-17/h1-3,8-12H,4-7,13-14H2. The van der Waals surface area contributed by atoms with Gasteiger partial charge in [0.05, 0.1) is 5.71 Å². The van der Waals surface area contributed by atoms with Crippen molar-refractivity contribution >= 4 is 17.5 Å². The molecule has 1 aromatic heterocycles. The lowest BCUT2D eigenvalue weighted by Crippen LogP contribution is -2.16. The minimum Gasteiger partial charge on any atom is -0.486 e. The second kappa shape index (κ2) is 7.19. The maximum absolute atomic E-state index is 5.83. The van der Waals surface area contributed by atoms with Gasteiger partial charge in [-0.3, -0.25) is 0 Å². The van der Waals surface area contributed by atoms with Crippen LogP contribution in [-0.2, 0) is 19.4 Å². The van der Waals surface area contributed by atoms with Crippen molar-refractivity contribution in [2.45, 2.75) is 37.4 Å². The SMILES string of the molecule is c1ccc(OCc2nnc3n2N=C(c2ccc4c(c2)CCCC4)CS3)cc1. The lowest BCUT2D eigenvalue weighted by atomic mass is 9.90. The van der Waals surface area contributed by atoms with Crippen molar-refractivity contribution in [3.05, 3.63) is 71.0 Å². The van der Waals surface area contributed by atoms with Crippen LogP contribution in [0.3, 0.4) is 0 Å². The summed E-state index contributed by atoms with van der Waals surface area (Å²) < 4.78 is 7.66. The van der Waals surface area contributed by atoms with Crippen molar-refractivity contribution in [2.24, 2.45) is 5.10 Å². The number of aromatic nitrogens is 3. The van der Waals surface area contributed by atoms with E-state index < -0.39 is 0 Å². The van der Waals surface area contributed by atoms with Crippen molar-refractivity contribution < 1.29 is 4.74 Å². The molecular weight excluding hydrogens is 356 g/mol. The molecule has 0 amide bonds. The average Bonchev–Trinajstić information content (AvgIpc) is 3.15. The molecule has 2 aromatic carbocycles. The van der Waals surface area contributed by atoms with Crippen molar-refractivity contribution in [2.75, 3.05) is 5.75 Å². The Kier molecular flexibility index (Phi) is 4.41. The van der Waals surface area contributed by atoms with Gasteiger partial charge in [-0.05, 0) is 60.6 Å². The second-order valence-electron chi connectivity index (χ2n) is 6.84. The molecule has 3 aromatic rings. The maximum Gasteiger partial charge on any atom is 0.212 e. The van der Waals surface area contributed by atoms with Crippen LogP contribution in [0.4, 0.5) is 0 Å². The first-order valence-corrected chi connectivity index (χ1v) is 10.3. The lowest BCUT2D eigenvalue weighted by Gasteiger charge is -2.18. The summed E-state index contributed by atoms with van der Waals surface area (Å²) in [6, 6.07) is 16.6. The van der Waals surface area contributed by atoms with E-state index in [1.165, 1.54) is 42.4 Å². The molecule has 0 spiro atoms. The van der Waals surface area contributed by atoms with Crippen LogP contribution in [0.15, 0.2) is 58.8 Å². The number of ether oxygens (including phenoxy) is 1. The number of thioether (sulfide) groups is 1. The van der Waals surface area contributed by atoms with Gasteiger partial charge in [0.15, 0.2) is 5.82 Å². The fraction of sp³-hybridized carbons (Fsp3) is 0.286. The van der Waals surface area contributed by atoms with Gasteiger partial charge < -0.3 is 4.74 Å². The molecule has 0 saturated heterocycles. The van der Waals surface area contributed by atoms with Gasteiger partial charge in [-0.25, -0.2) is 0 Å². The summed E-state index contributed by atoms with van der Waals surface area (Å²) in [5, 5.41) is 14.2. The maximum atomic E-state index is 5.83. The fourth-order valence-corrected chi connectivity index (χ4v) is 4.43. The van der Waals surface area contributed by atoms with Gasteiger partial charge in [-0.2, -0.15) is 9.78 Å². The minimum absolute atomic E-state index is 0.346. The molecule has 5 rings (SSSR count). The first-order chi connectivity index (χ1) is 13.4. The molecule has 2 aliphatic rings. The highest BCUT2D eigenvalue weighted by Gasteiger charge is 2.21. The van der Waals surface area contributed by atoms with E-state index in [2.05, 4.69) is 28.4 Å². The predicted molar refractivity (Wildman–Crippen MR) is 107 cm³/mol. The number of benzene rings is 2. The zero-order valence-electron chi connectivity index (χ0n) is 15.0. The monoisotopic (exact) mass is 376 g/mol. The number of nitrogens with zero attached hydrogens (tertiary/aromatic N) is 4. The molecule has 0 atom stereocenters. The van der Waals surface area contributed by atoms with Crippen LogP contribution in [-0.4, -0.2) is 26.3 Å². The first-order valence-electron chi connectivity index (χ1n) is 9.32. The molecule has 0 bridgehead atoms. The number of rotatable bonds is 4. The minimum atomic E-state index is 0.346. The Morgan fingerprint density at radius 3 is 2.70 bits per heavy atom. The van der Waals surface area contributed by atoms with Crippen molar-refractivity contribution in [1.29, 1.82) is 0 Å². The van der Waals surface area contributed by atoms with E-state index in [9.17, 15) is 0 Å². The summed E-state index contributed by atoms with van der Waals surface area (Å²) in [6.45, 7) is 0.346. The summed E-state index contributed by atoms with van der Waals surface area (Å²) in [7, 11) is 0. The number of hydrogen-bond acceptors (Lipinski definition) is 5. The van der Waals surface area contributed by atoms with Gasteiger partial charge in [-0.15, -0.1) is 10.2 Å². The van der Waals surface area contributed by atoms with E-state index in [4.69, 9.17) is 9.84 Å². The van der Waals surface area contributed by atoms with Crippen LogP contribution < -0.4 is 4.74 Å². The van der Waals surface area contributed by atoms with E-state index in [-0.39, 0.29) is 0 Å². The van der Waals surface area contributed by atoms with Crippen LogP contribution in [0.25, 0.3) is 0 Å². The van der Waals surface area contributed by atoms with E-state index in [1.54, 1.807) is 11.8 Å². The number of para-hydroxylation sites is 1. The second-order valence-corrected chi connectivity index (χ2v) is 7.78. The van der Waals surface area contributed by atoms with Gasteiger partial charge in [0.1, 0.15) is 12.4 Å². The first kappa shape index (κ1) is 16.6. The molecule has 0 fully saturated rings. The highest BCUT2D eigenvalue weighted by molar-refractivity contribution is 7.99. The van der Waals surface area contributed by atoms with Crippen molar-refractivity contribution in [1.82, 2.24) is 14.9 Å². The molecule has 5 nitrogen and oxygen atoms in total. The quantitative estimate of drug-likeness (QED) is 0.688. The van der Waals surface area contributed by atoms with Crippen molar-refractivity contribution in [3.63, 3.8) is 0 Å².